The minimum absolute atomic E-state index is 0.0120. The number of anilines is 1. The number of carbonyl (C=O) groups excluding carboxylic acids is 2. The van der Waals surface area contributed by atoms with Gasteiger partial charge in [0.1, 0.15) is 0 Å². The molecule has 2 aromatic rings. The summed E-state index contributed by atoms with van der Waals surface area (Å²) in [5.74, 6) is -1.16. The van der Waals surface area contributed by atoms with Crippen LogP contribution >= 0.6 is 0 Å². The van der Waals surface area contributed by atoms with Crippen molar-refractivity contribution in [3.05, 3.63) is 65.2 Å². The predicted molar refractivity (Wildman–Crippen MR) is 145 cm³/mol. The van der Waals surface area contributed by atoms with Gasteiger partial charge in [-0.3, -0.25) is 14.1 Å². The Morgan fingerprint density at radius 1 is 0.944 bits per heavy atom. The molecule has 1 unspecified atom stereocenters. The summed E-state index contributed by atoms with van der Waals surface area (Å²) < 4.78 is 30.4. The van der Waals surface area contributed by atoms with Crippen molar-refractivity contribution < 1.29 is 22.6 Å². The van der Waals surface area contributed by atoms with Gasteiger partial charge in [0.15, 0.2) is 0 Å². The number of unbranched alkanes of at least 4 members (excludes halogenated alkanes) is 3. The summed E-state index contributed by atoms with van der Waals surface area (Å²) in [5.41, 5.74) is 3.37. The van der Waals surface area contributed by atoms with Crippen LogP contribution in [0.5, 0.6) is 0 Å². The van der Waals surface area contributed by atoms with Crippen LogP contribution in [0.3, 0.4) is 0 Å². The Balaban J connectivity index is 2.04. The van der Waals surface area contributed by atoms with Gasteiger partial charge in [-0.25, -0.2) is 0 Å². The third kappa shape index (κ3) is 10.5. The fourth-order valence-electron chi connectivity index (χ4n) is 3.91. The highest BCUT2D eigenvalue weighted by Gasteiger charge is 2.20. The number of hydrogen-bond donors (Lipinski definition) is 3. The second-order valence-corrected chi connectivity index (χ2v) is 11.9. The van der Waals surface area contributed by atoms with Crippen LogP contribution in [0.1, 0.15) is 81.3 Å². The average molecular weight is 517 g/mol. The van der Waals surface area contributed by atoms with Gasteiger partial charge in [-0.2, -0.15) is 8.42 Å². The van der Waals surface area contributed by atoms with Crippen LogP contribution in [-0.4, -0.2) is 37.1 Å². The summed E-state index contributed by atoms with van der Waals surface area (Å²) in [7, 11) is -4.13. The van der Waals surface area contributed by atoms with Crippen LogP contribution in [0.2, 0.25) is 0 Å². The van der Waals surface area contributed by atoms with Crippen molar-refractivity contribution in [1.82, 2.24) is 5.32 Å². The van der Waals surface area contributed by atoms with E-state index in [-0.39, 0.29) is 23.8 Å². The van der Waals surface area contributed by atoms with Gasteiger partial charge < -0.3 is 10.6 Å². The fraction of sp³-hybridized carbons (Fsp3) is 0.500. The molecule has 2 aromatic carbocycles. The van der Waals surface area contributed by atoms with Gasteiger partial charge in [0.2, 0.25) is 5.91 Å². The Bertz CT molecular complexity index is 1090. The molecule has 0 heterocycles. The molecule has 3 N–H and O–H groups in total. The fourth-order valence-corrected chi connectivity index (χ4v) is 4.27. The number of carbonyl (C=O) groups is 2. The number of nitrogens with one attached hydrogen (secondary N) is 2. The van der Waals surface area contributed by atoms with E-state index in [1.807, 2.05) is 36.4 Å². The predicted octanol–water partition coefficient (Wildman–Crippen LogP) is 5.37. The zero-order chi connectivity index (χ0) is 26.8. The molecule has 198 valence electrons. The zero-order valence-corrected chi connectivity index (χ0v) is 22.7. The molecule has 0 aliphatic heterocycles. The number of hydrogen-bond acceptors (Lipinski definition) is 4. The van der Waals surface area contributed by atoms with Crippen molar-refractivity contribution in [2.24, 2.45) is 5.92 Å². The van der Waals surface area contributed by atoms with E-state index >= 15 is 0 Å². The summed E-state index contributed by atoms with van der Waals surface area (Å²) in [5, 5.41) is 5.55. The Hall–Kier alpha value is -2.71. The van der Waals surface area contributed by atoms with E-state index in [0.717, 1.165) is 43.4 Å². The quantitative estimate of drug-likeness (QED) is 0.245. The van der Waals surface area contributed by atoms with E-state index < -0.39 is 21.8 Å². The summed E-state index contributed by atoms with van der Waals surface area (Å²) in [6.45, 7) is 8.45. The summed E-state index contributed by atoms with van der Waals surface area (Å²) in [4.78, 5) is 25.4. The molecular formula is C28H40N2O5S. The highest BCUT2D eigenvalue weighted by atomic mass is 32.2. The molecule has 2 amide bonds. The first kappa shape index (κ1) is 29.5. The van der Waals surface area contributed by atoms with E-state index in [9.17, 15) is 18.0 Å². The van der Waals surface area contributed by atoms with Crippen molar-refractivity contribution in [3.63, 3.8) is 0 Å². The lowest BCUT2D eigenvalue weighted by Crippen LogP contribution is -2.29. The minimum atomic E-state index is -4.13. The van der Waals surface area contributed by atoms with Crippen LogP contribution < -0.4 is 10.6 Å². The molecule has 8 heteroatoms. The third-order valence-electron chi connectivity index (χ3n) is 6.14. The summed E-state index contributed by atoms with van der Waals surface area (Å²) in [6.07, 6.45) is 5.67. The van der Waals surface area contributed by atoms with Gasteiger partial charge >= 0.3 is 0 Å². The molecule has 2 rings (SSSR count). The monoisotopic (exact) mass is 516 g/mol. The molecule has 0 radical (unpaired) electrons. The van der Waals surface area contributed by atoms with Crippen LogP contribution in [0.15, 0.2) is 48.5 Å². The lowest BCUT2D eigenvalue weighted by molar-refractivity contribution is -0.120. The molecule has 0 aliphatic rings. The average Bonchev–Trinajstić information content (AvgIpc) is 2.80. The molecule has 0 aromatic heterocycles. The third-order valence-corrected chi connectivity index (χ3v) is 6.86. The summed E-state index contributed by atoms with van der Waals surface area (Å²) >= 11 is 0. The maximum absolute atomic E-state index is 13.2. The Labute approximate surface area is 215 Å². The first-order valence-electron chi connectivity index (χ1n) is 12.6. The smallest absolute Gasteiger partial charge is 0.266 e. The van der Waals surface area contributed by atoms with Crippen LogP contribution in [0.25, 0.3) is 0 Å². The zero-order valence-electron chi connectivity index (χ0n) is 21.8. The van der Waals surface area contributed by atoms with Crippen LogP contribution in [0, 0.1) is 5.92 Å². The summed E-state index contributed by atoms with van der Waals surface area (Å²) in [6, 6.07) is 15.0. The molecule has 0 fully saturated rings. The van der Waals surface area contributed by atoms with E-state index in [0.29, 0.717) is 12.0 Å². The van der Waals surface area contributed by atoms with Crippen molar-refractivity contribution in [3.8, 4) is 0 Å². The van der Waals surface area contributed by atoms with E-state index in [4.69, 9.17) is 4.55 Å². The van der Waals surface area contributed by atoms with Crippen LogP contribution in [-0.2, 0) is 26.7 Å². The first-order valence-corrected chi connectivity index (χ1v) is 14.2. The second kappa shape index (κ2) is 13.6. The van der Waals surface area contributed by atoms with E-state index in [1.54, 1.807) is 12.1 Å². The Kier molecular flexibility index (Phi) is 11.1. The number of rotatable bonds is 13. The van der Waals surface area contributed by atoms with E-state index in [2.05, 4.69) is 38.3 Å². The molecule has 0 spiro atoms. The van der Waals surface area contributed by atoms with Crippen molar-refractivity contribution in [1.29, 1.82) is 0 Å². The normalized spacial score (nSPS) is 12.7. The Morgan fingerprint density at radius 2 is 1.58 bits per heavy atom. The first-order chi connectivity index (χ1) is 16.9. The van der Waals surface area contributed by atoms with Gasteiger partial charge in [0.05, 0.1) is 5.75 Å². The molecule has 0 saturated carbocycles. The SMILES string of the molecule is CCCCCCC(Cc1ccc(C(=O)NCCS(=O)(=O)O)cc1)C(=O)Nc1ccc(C(C)(C)C)cc1. The molecule has 0 saturated heterocycles. The molecular weight excluding hydrogens is 476 g/mol. The van der Waals surface area contributed by atoms with Crippen molar-refractivity contribution in [2.75, 3.05) is 17.6 Å². The molecule has 36 heavy (non-hydrogen) atoms. The van der Waals surface area contributed by atoms with Gasteiger partial charge in [-0.05, 0) is 53.6 Å². The van der Waals surface area contributed by atoms with Crippen molar-refractivity contribution in [2.45, 2.75) is 71.6 Å². The Morgan fingerprint density at radius 3 is 2.14 bits per heavy atom. The topological polar surface area (TPSA) is 113 Å². The molecule has 7 nitrogen and oxygen atoms in total. The highest BCUT2D eigenvalue weighted by molar-refractivity contribution is 7.85. The van der Waals surface area contributed by atoms with Gasteiger partial charge in [-0.15, -0.1) is 0 Å². The number of amides is 2. The standard InChI is InChI=1S/C28H40N2O5S/c1-5-6-7-8-9-23(27(32)30-25-16-14-24(15-17-25)28(2,3)4)20-21-10-12-22(13-11-21)26(31)29-18-19-36(33,34)35/h10-17,23H,5-9,18-20H2,1-4H3,(H,29,31)(H,30,32)(H,33,34,35). The second-order valence-electron chi connectivity index (χ2n) is 10.3. The number of benzene rings is 2. The van der Waals surface area contributed by atoms with Crippen LogP contribution in [0.4, 0.5) is 5.69 Å². The molecule has 0 aliphatic carbocycles. The largest absolute Gasteiger partial charge is 0.351 e. The van der Waals surface area contributed by atoms with Gasteiger partial charge in [0.25, 0.3) is 16.0 Å². The maximum Gasteiger partial charge on any atom is 0.266 e. The van der Waals surface area contributed by atoms with Crippen molar-refractivity contribution >= 4 is 27.6 Å². The molecule has 1 atom stereocenters. The maximum atomic E-state index is 13.2. The highest BCUT2D eigenvalue weighted by Crippen LogP contribution is 2.24. The van der Waals surface area contributed by atoms with Gasteiger partial charge in [0, 0.05) is 23.7 Å². The minimum Gasteiger partial charge on any atom is -0.351 e. The van der Waals surface area contributed by atoms with Gasteiger partial charge in [-0.1, -0.05) is 77.6 Å². The molecule has 0 bridgehead atoms. The van der Waals surface area contributed by atoms with E-state index in [1.165, 1.54) is 5.56 Å². The lowest BCUT2D eigenvalue weighted by Gasteiger charge is -2.20. The lowest BCUT2D eigenvalue weighted by atomic mass is 9.87.